The van der Waals surface area contributed by atoms with Crippen molar-refractivity contribution < 1.29 is 0 Å². The molecule has 0 aromatic carbocycles. The molecule has 0 radical (unpaired) electrons. The Morgan fingerprint density at radius 1 is 1.42 bits per heavy atom. The van der Waals surface area contributed by atoms with Crippen LogP contribution in [0.15, 0.2) is 11.1 Å². The van der Waals surface area contributed by atoms with Gasteiger partial charge < -0.3 is 0 Å². The maximum absolute atomic E-state index is 3.35. The first-order valence-corrected chi connectivity index (χ1v) is 4.98. The molecule has 0 bridgehead atoms. The van der Waals surface area contributed by atoms with Gasteiger partial charge >= 0.3 is 0 Å². The lowest BCUT2D eigenvalue weighted by Gasteiger charge is -2.02. The fraction of sp³-hybridized carbons (Fsp3) is 0.667. The van der Waals surface area contributed by atoms with E-state index in [-0.39, 0.29) is 0 Å². The van der Waals surface area contributed by atoms with Crippen molar-refractivity contribution in [2.45, 2.75) is 46.5 Å². The third-order valence-corrected chi connectivity index (χ3v) is 2.39. The van der Waals surface area contributed by atoms with Crippen LogP contribution in [0, 0.1) is 17.8 Å². The topological polar surface area (TPSA) is 0 Å². The van der Waals surface area contributed by atoms with Gasteiger partial charge in [0.05, 0.1) is 0 Å². The molecule has 66 valence electrons. The van der Waals surface area contributed by atoms with Crippen LogP contribution in [-0.4, -0.2) is 0 Å². The zero-order valence-electron chi connectivity index (χ0n) is 8.41. The lowest BCUT2D eigenvalue weighted by Crippen LogP contribution is -1.92. The Bertz CT molecular complexity index is 234. The van der Waals surface area contributed by atoms with Gasteiger partial charge in [0.15, 0.2) is 0 Å². The monoisotopic (exact) mass is 162 g/mol. The molecule has 1 unspecified atom stereocenters. The zero-order valence-corrected chi connectivity index (χ0v) is 8.41. The fourth-order valence-corrected chi connectivity index (χ4v) is 1.29. The number of hydrogen-bond donors (Lipinski definition) is 0. The van der Waals surface area contributed by atoms with E-state index in [4.69, 9.17) is 0 Å². The zero-order chi connectivity index (χ0) is 8.97. The van der Waals surface area contributed by atoms with Gasteiger partial charge in [-0.1, -0.05) is 37.7 Å². The summed E-state index contributed by atoms with van der Waals surface area (Å²) in [5, 5.41) is 0. The van der Waals surface area contributed by atoms with E-state index in [9.17, 15) is 0 Å². The maximum Gasteiger partial charge on any atom is 0.0203 e. The lowest BCUT2D eigenvalue weighted by molar-refractivity contribution is 0.581. The number of rotatable bonds is 3. The molecule has 1 aliphatic carbocycles. The normalized spacial score (nSPS) is 16.9. The third-order valence-electron chi connectivity index (χ3n) is 2.39. The second-order valence-corrected chi connectivity index (χ2v) is 3.60. The summed E-state index contributed by atoms with van der Waals surface area (Å²) in [5.41, 5.74) is 2.89. The summed E-state index contributed by atoms with van der Waals surface area (Å²) in [5.74, 6) is 7.26. The molecule has 0 saturated carbocycles. The standard InChI is InChI=1S/C12H18/c1-4-6-11(5-2)7-8-12-9-10(12)3/h11H,4-6,9H2,1-3H3. The highest BCUT2D eigenvalue weighted by Crippen LogP contribution is 2.28. The molecule has 1 rings (SSSR count). The highest BCUT2D eigenvalue weighted by molar-refractivity contribution is 5.47. The summed E-state index contributed by atoms with van der Waals surface area (Å²) in [4.78, 5) is 0. The Morgan fingerprint density at radius 2 is 2.08 bits per heavy atom. The van der Waals surface area contributed by atoms with Gasteiger partial charge in [-0.05, 0) is 19.8 Å². The van der Waals surface area contributed by atoms with E-state index in [2.05, 4.69) is 32.6 Å². The highest BCUT2D eigenvalue weighted by Gasteiger charge is 2.13. The van der Waals surface area contributed by atoms with Crippen LogP contribution >= 0.6 is 0 Å². The van der Waals surface area contributed by atoms with E-state index < -0.39 is 0 Å². The molecule has 0 aromatic heterocycles. The third kappa shape index (κ3) is 2.74. The molecule has 0 heteroatoms. The van der Waals surface area contributed by atoms with Crippen molar-refractivity contribution in [2.24, 2.45) is 5.92 Å². The molecule has 0 nitrogen and oxygen atoms in total. The van der Waals surface area contributed by atoms with Crippen LogP contribution in [0.4, 0.5) is 0 Å². The van der Waals surface area contributed by atoms with Crippen molar-refractivity contribution in [3.63, 3.8) is 0 Å². The molecule has 0 aliphatic heterocycles. The Balaban J connectivity index is 2.39. The van der Waals surface area contributed by atoms with Crippen LogP contribution in [-0.2, 0) is 0 Å². The molecule has 1 atom stereocenters. The average Bonchev–Trinajstić information content (AvgIpc) is 2.76. The van der Waals surface area contributed by atoms with Gasteiger partial charge in [0, 0.05) is 17.9 Å². The van der Waals surface area contributed by atoms with Crippen LogP contribution in [0.2, 0.25) is 0 Å². The summed E-state index contributed by atoms with van der Waals surface area (Å²) in [6, 6.07) is 0. The molecule has 0 N–H and O–H groups in total. The van der Waals surface area contributed by atoms with Crippen LogP contribution in [0.25, 0.3) is 0 Å². The van der Waals surface area contributed by atoms with Gasteiger partial charge in [0.2, 0.25) is 0 Å². The van der Waals surface area contributed by atoms with E-state index in [0.717, 1.165) is 0 Å². The van der Waals surface area contributed by atoms with Gasteiger partial charge in [-0.3, -0.25) is 0 Å². The van der Waals surface area contributed by atoms with E-state index in [1.807, 2.05) is 0 Å². The molecule has 0 amide bonds. The molecular formula is C12H18. The molecule has 0 spiro atoms. The molecule has 0 heterocycles. The van der Waals surface area contributed by atoms with Gasteiger partial charge in [-0.2, -0.15) is 0 Å². The van der Waals surface area contributed by atoms with Crippen LogP contribution in [0.1, 0.15) is 46.5 Å². The quantitative estimate of drug-likeness (QED) is 0.557. The smallest absolute Gasteiger partial charge is 0.0203 e. The maximum atomic E-state index is 3.35. The minimum atomic E-state index is 0.635. The summed E-state index contributed by atoms with van der Waals surface area (Å²) in [7, 11) is 0. The average molecular weight is 162 g/mol. The largest absolute Gasteiger partial charge is 0.0948 e. The van der Waals surface area contributed by atoms with E-state index >= 15 is 0 Å². The van der Waals surface area contributed by atoms with Crippen molar-refractivity contribution in [2.75, 3.05) is 0 Å². The van der Waals surface area contributed by atoms with Crippen molar-refractivity contribution in [3.8, 4) is 11.8 Å². The fourth-order valence-electron chi connectivity index (χ4n) is 1.29. The first-order valence-electron chi connectivity index (χ1n) is 4.98. The predicted molar refractivity (Wildman–Crippen MR) is 53.8 cm³/mol. The second kappa shape index (κ2) is 4.36. The minimum absolute atomic E-state index is 0.635. The Labute approximate surface area is 76.1 Å². The number of allylic oxidation sites excluding steroid dienone is 2. The van der Waals surface area contributed by atoms with E-state index in [1.54, 1.807) is 0 Å². The molecular weight excluding hydrogens is 144 g/mol. The summed E-state index contributed by atoms with van der Waals surface area (Å²) in [6.45, 7) is 6.62. The lowest BCUT2D eigenvalue weighted by atomic mass is 10.0. The van der Waals surface area contributed by atoms with Crippen molar-refractivity contribution >= 4 is 0 Å². The Hall–Kier alpha value is -0.700. The van der Waals surface area contributed by atoms with Gasteiger partial charge in [0.25, 0.3) is 0 Å². The van der Waals surface area contributed by atoms with Crippen LogP contribution in [0.5, 0.6) is 0 Å². The molecule has 0 saturated heterocycles. The van der Waals surface area contributed by atoms with Crippen LogP contribution < -0.4 is 0 Å². The Kier molecular flexibility index (Phi) is 3.41. The summed E-state index contributed by atoms with van der Waals surface area (Å²) in [6.07, 6.45) is 4.89. The summed E-state index contributed by atoms with van der Waals surface area (Å²) >= 11 is 0. The predicted octanol–water partition coefficient (Wildman–Crippen LogP) is 3.54. The number of hydrogen-bond acceptors (Lipinski definition) is 0. The first kappa shape index (κ1) is 9.39. The molecule has 0 fully saturated rings. The molecule has 0 aromatic rings. The minimum Gasteiger partial charge on any atom is -0.0948 e. The molecule has 1 aliphatic rings. The molecule has 12 heavy (non-hydrogen) atoms. The summed E-state index contributed by atoms with van der Waals surface area (Å²) < 4.78 is 0. The Morgan fingerprint density at radius 3 is 2.50 bits per heavy atom. The van der Waals surface area contributed by atoms with Crippen molar-refractivity contribution in [1.29, 1.82) is 0 Å². The SMILES string of the molecule is CCCC(C#CC1=C(C)C1)CC. The van der Waals surface area contributed by atoms with Gasteiger partial charge in [-0.25, -0.2) is 0 Å². The highest BCUT2D eigenvalue weighted by atomic mass is 14.2. The van der Waals surface area contributed by atoms with Crippen LogP contribution in [0.3, 0.4) is 0 Å². The van der Waals surface area contributed by atoms with E-state index in [1.165, 1.54) is 36.8 Å². The van der Waals surface area contributed by atoms with Gasteiger partial charge in [0.1, 0.15) is 0 Å². The van der Waals surface area contributed by atoms with Crippen molar-refractivity contribution in [1.82, 2.24) is 0 Å². The van der Waals surface area contributed by atoms with Crippen molar-refractivity contribution in [3.05, 3.63) is 11.1 Å². The van der Waals surface area contributed by atoms with E-state index in [0.29, 0.717) is 5.92 Å². The second-order valence-electron chi connectivity index (χ2n) is 3.60. The van der Waals surface area contributed by atoms with Gasteiger partial charge in [-0.15, -0.1) is 0 Å². The first-order chi connectivity index (χ1) is 5.77.